The van der Waals surface area contributed by atoms with Crippen molar-refractivity contribution in [1.29, 1.82) is 0 Å². The number of nitrogens with zero attached hydrogens (tertiary/aromatic N) is 1. The molecular weight excluding hydrogens is 579 g/mol. The van der Waals surface area contributed by atoms with Crippen molar-refractivity contribution in [3.63, 3.8) is 0 Å². The minimum absolute atomic E-state index is 0.141. The number of hydrogen-bond acceptors (Lipinski definition) is 6. The molecule has 0 radical (unpaired) electrons. The Morgan fingerprint density at radius 1 is 1.17 bits per heavy atom. The SMILES string of the molecule is CO[C@H]1CC[C@H]([C@H](c2ccc(Cl)cc2)[C@H](N)C(=O)Nc2cccc(F)c2CC[C@H]2CN[C@@H]3CCCS(=O)(=O)N2C3)CC1. The molecule has 3 fully saturated rings. The molecule has 4 N–H and O–H groups in total. The van der Waals surface area contributed by atoms with E-state index in [1.165, 1.54) is 6.07 Å². The normalized spacial score (nSPS) is 28.8. The summed E-state index contributed by atoms with van der Waals surface area (Å²) in [5.74, 6) is -0.737. The molecule has 2 heterocycles. The van der Waals surface area contributed by atoms with E-state index in [1.54, 1.807) is 23.5 Å². The van der Waals surface area contributed by atoms with Crippen LogP contribution in [0.5, 0.6) is 0 Å². The maximum atomic E-state index is 15.2. The van der Waals surface area contributed by atoms with Gasteiger partial charge < -0.3 is 21.1 Å². The van der Waals surface area contributed by atoms with Gasteiger partial charge in [0.1, 0.15) is 5.82 Å². The van der Waals surface area contributed by atoms with E-state index >= 15 is 4.39 Å². The molecule has 11 heteroatoms. The van der Waals surface area contributed by atoms with Crippen LogP contribution in [0.25, 0.3) is 0 Å². The molecule has 3 aliphatic rings. The highest BCUT2D eigenvalue weighted by atomic mass is 35.5. The quantitative estimate of drug-likeness (QED) is 0.382. The summed E-state index contributed by atoms with van der Waals surface area (Å²) in [6.45, 7) is 0.972. The van der Waals surface area contributed by atoms with E-state index < -0.39 is 21.9 Å². The van der Waals surface area contributed by atoms with Gasteiger partial charge in [0.05, 0.1) is 17.9 Å². The van der Waals surface area contributed by atoms with Crippen molar-refractivity contribution in [2.45, 2.75) is 81.5 Å². The Kier molecular flexibility index (Phi) is 10.2. The molecule has 2 saturated heterocycles. The van der Waals surface area contributed by atoms with Crippen molar-refractivity contribution >= 4 is 33.2 Å². The molecule has 0 aromatic heterocycles. The number of fused-ring (bicyclic) bond motifs is 2. The fourth-order valence-corrected chi connectivity index (χ4v) is 8.94. The van der Waals surface area contributed by atoms with Gasteiger partial charge in [0.25, 0.3) is 0 Å². The van der Waals surface area contributed by atoms with Crippen LogP contribution in [-0.2, 0) is 26.0 Å². The summed E-state index contributed by atoms with van der Waals surface area (Å²) in [7, 11) is -1.63. The minimum atomic E-state index is -3.35. The molecule has 1 unspecified atom stereocenters. The van der Waals surface area contributed by atoms with Crippen LogP contribution in [0, 0.1) is 11.7 Å². The highest BCUT2D eigenvalue weighted by molar-refractivity contribution is 7.89. The molecule has 42 heavy (non-hydrogen) atoms. The van der Waals surface area contributed by atoms with Crippen molar-refractivity contribution < 1.29 is 22.3 Å². The summed E-state index contributed by atoms with van der Waals surface area (Å²) in [5, 5.41) is 7.00. The van der Waals surface area contributed by atoms with Crippen LogP contribution in [0.2, 0.25) is 5.02 Å². The third-order valence-corrected chi connectivity index (χ3v) is 11.6. The van der Waals surface area contributed by atoms with Gasteiger partial charge in [-0.05, 0) is 87.1 Å². The molecule has 2 aromatic carbocycles. The number of benzene rings is 2. The van der Waals surface area contributed by atoms with Gasteiger partial charge in [-0.3, -0.25) is 4.79 Å². The Morgan fingerprint density at radius 3 is 2.62 bits per heavy atom. The van der Waals surface area contributed by atoms with E-state index in [9.17, 15) is 13.2 Å². The fraction of sp³-hybridized carbons (Fsp3) is 0.581. The number of halogens is 2. The van der Waals surface area contributed by atoms with Crippen LogP contribution < -0.4 is 16.4 Å². The standard InChI is InChI=1S/C31H42ClFN4O4S/c1-41-25-14-9-21(10-15-25)29(20-7-11-22(32)12-8-20)30(34)31(38)36-28-6-2-5-27(33)26(28)16-13-24-18-35-23-4-3-17-42(39,40)37(24)19-23/h2,5-8,11-12,21,23-25,29-30,35H,3-4,9-10,13-19,34H2,1H3,(H,36,38)/t21-,23-,24+,25-,29+,30+/m1/s1. The van der Waals surface area contributed by atoms with Crippen LogP contribution >= 0.6 is 11.6 Å². The number of ether oxygens (including phenoxy) is 1. The highest BCUT2D eigenvalue weighted by Gasteiger charge is 2.39. The van der Waals surface area contributed by atoms with Crippen LogP contribution in [0.4, 0.5) is 10.1 Å². The van der Waals surface area contributed by atoms with E-state index in [1.807, 2.05) is 24.3 Å². The van der Waals surface area contributed by atoms with Gasteiger partial charge >= 0.3 is 0 Å². The lowest BCUT2D eigenvalue weighted by atomic mass is 9.72. The zero-order valence-electron chi connectivity index (χ0n) is 24.1. The average Bonchev–Trinajstić information content (AvgIpc) is 3.10. The maximum absolute atomic E-state index is 15.2. The first-order valence-electron chi connectivity index (χ1n) is 15.0. The van der Waals surface area contributed by atoms with Crippen molar-refractivity contribution in [3.05, 3.63) is 64.4 Å². The monoisotopic (exact) mass is 620 g/mol. The molecular formula is C31H42ClFN4O4S. The number of carbonyl (C=O) groups excluding carboxylic acids is 1. The summed E-state index contributed by atoms with van der Waals surface area (Å²) in [4.78, 5) is 13.7. The Hall–Kier alpha value is -2.08. The van der Waals surface area contributed by atoms with Crippen molar-refractivity contribution in [2.24, 2.45) is 11.7 Å². The molecule has 1 saturated carbocycles. The van der Waals surface area contributed by atoms with Crippen molar-refractivity contribution in [1.82, 2.24) is 9.62 Å². The van der Waals surface area contributed by atoms with Gasteiger partial charge in [0.15, 0.2) is 0 Å². The molecule has 230 valence electrons. The lowest BCUT2D eigenvalue weighted by Gasteiger charge is -2.37. The summed E-state index contributed by atoms with van der Waals surface area (Å²) >= 11 is 6.16. The number of rotatable bonds is 9. The van der Waals surface area contributed by atoms with Gasteiger partial charge in [0, 0.05) is 54.5 Å². The third kappa shape index (κ3) is 7.17. The molecule has 5 rings (SSSR count). The number of amides is 1. The Balaban J connectivity index is 1.32. The van der Waals surface area contributed by atoms with Crippen molar-refractivity contribution in [2.75, 3.05) is 31.3 Å². The summed E-state index contributed by atoms with van der Waals surface area (Å²) in [5.41, 5.74) is 8.38. The van der Waals surface area contributed by atoms with E-state index in [2.05, 4.69) is 10.6 Å². The zero-order valence-corrected chi connectivity index (χ0v) is 25.7. The molecule has 1 aliphatic carbocycles. The number of hydrogen-bond donors (Lipinski definition) is 3. The lowest BCUT2D eigenvalue weighted by Crippen LogP contribution is -2.57. The Labute approximate surface area is 253 Å². The van der Waals surface area contributed by atoms with Gasteiger partial charge in [-0.25, -0.2) is 12.8 Å². The largest absolute Gasteiger partial charge is 0.381 e. The number of nitrogens with one attached hydrogen (secondary N) is 2. The van der Waals surface area contributed by atoms with E-state index in [0.29, 0.717) is 42.2 Å². The Morgan fingerprint density at radius 2 is 1.90 bits per heavy atom. The average molecular weight is 621 g/mol. The number of methoxy groups -OCH3 is 1. The summed E-state index contributed by atoms with van der Waals surface area (Å²) < 4.78 is 48.1. The van der Waals surface area contributed by atoms with Crippen LogP contribution in [0.3, 0.4) is 0 Å². The number of piperazine rings is 1. The van der Waals surface area contributed by atoms with E-state index in [0.717, 1.165) is 37.7 Å². The summed E-state index contributed by atoms with van der Waals surface area (Å²) in [6.07, 6.45) is 5.96. The zero-order chi connectivity index (χ0) is 29.9. The molecule has 0 spiro atoms. The first kappa shape index (κ1) is 31.3. The van der Waals surface area contributed by atoms with E-state index in [-0.39, 0.29) is 48.1 Å². The summed E-state index contributed by atoms with van der Waals surface area (Å²) in [6, 6.07) is 11.1. The van der Waals surface area contributed by atoms with Gasteiger partial charge in [0.2, 0.25) is 15.9 Å². The van der Waals surface area contributed by atoms with Gasteiger partial charge in [-0.2, -0.15) is 4.31 Å². The second-order valence-electron chi connectivity index (χ2n) is 12.0. The smallest absolute Gasteiger partial charge is 0.241 e. The first-order valence-corrected chi connectivity index (χ1v) is 17.0. The van der Waals surface area contributed by atoms with Crippen LogP contribution in [0.15, 0.2) is 42.5 Å². The molecule has 5 atom stereocenters. The van der Waals surface area contributed by atoms with Crippen LogP contribution in [-0.4, -0.2) is 68.8 Å². The number of nitrogens with two attached hydrogens (primary N) is 1. The number of carbonyl (C=O) groups is 1. The van der Waals surface area contributed by atoms with E-state index in [4.69, 9.17) is 22.1 Å². The van der Waals surface area contributed by atoms with Gasteiger partial charge in [-0.1, -0.05) is 29.8 Å². The Bertz CT molecular complexity index is 1340. The third-order valence-electron chi connectivity index (χ3n) is 9.37. The number of anilines is 1. The van der Waals surface area contributed by atoms with Crippen LogP contribution in [0.1, 0.15) is 62.0 Å². The fourth-order valence-electron chi connectivity index (χ4n) is 7.01. The second-order valence-corrected chi connectivity index (χ2v) is 14.4. The van der Waals surface area contributed by atoms with Gasteiger partial charge in [-0.15, -0.1) is 0 Å². The lowest BCUT2D eigenvalue weighted by molar-refractivity contribution is -0.118. The minimum Gasteiger partial charge on any atom is -0.381 e. The van der Waals surface area contributed by atoms with Crippen molar-refractivity contribution in [3.8, 4) is 0 Å². The molecule has 2 aliphatic heterocycles. The highest BCUT2D eigenvalue weighted by Crippen LogP contribution is 2.39. The topological polar surface area (TPSA) is 114 Å². The number of sulfonamides is 1. The molecule has 2 bridgehead atoms. The molecule has 2 aromatic rings. The predicted octanol–water partition coefficient (Wildman–Crippen LogP) is 4.43. The second kappa shape index (κ2) is 13.7. The first-order chi connectivity index (χ1) is 20.2. The molecule has 8 nitrogen and oxygen atoms in total. The molecule has 1 amide bonds. The predicted molar refractivity (Wildman–Crippen MR) is 164 cm³/mol. The maximum Gasteiger partial charge on any atom is 0.241 e.